The van der Waals surface area contributed by atoms with Crippen molar-refractivity contribution in [1.29, 1.82) is 5.26 Å². The zero-order valence-electron chi connectivity index (χ0n) is 11.5. The number of nitrogens with zero attached hydrogens (tertiary/aromatic N) is 1. The van der Waals surface area contributed by atoms with Crippen LogP contribution in [0, 0.1) is 11.3 Å². The van der Waals surface area contributed by atoms with Gasteiger partial charge < -0.3 is 19.3 Å². The Balaban J connectivity index is 2.78. The summed E-state index contributed by atoms with van der Waals surface area (Å²) >= 11 is 0. The van der Waals surface area contributed by atoms with Gasteiger partial charge in [-0.1, -0.05) is 6.07 Å². The Kier molecular flexibility index (Phi) is 4.26. The molecule has 0 aromatic heterocycles. The quantitative estimate of drug-likeness (QED) is 0.679. The highest BCUT2D eigenvalue weighted by Crippen LogP contribution is 2.43. The molecule has 0 amide bonds. The summed E-state index contributed by atoms with van der Waals surface area (Å²) in [6.07, 6.45) is 0. The van der Waals surface area contributed by atoms with E-state index in [4.69, 9.17) is 24.6 Å². The van der Waals surface area contributed by atoms with E-state index < -0.39 is 12.6 Å². The van der Waals surface area contributed by atoms with E-state index in [1.165, 1.54) is 14.2 Å². The van der Waals surface area contributed by atoms with Crippen molar-refractivity contribution in [1.82, 2.24) is 0 Å². The van der Waals surface area contributed by atoms with Crippen molar-refractivity contribution in [3.63, 3.8) is 0 Å². The number of hydrogen-bond donors (Lipinski definition) is 1. The summed E-state index contributed by atoms with van der Waals surface area (Å²) in [5.74, 6) is -0.106. The number of benzene rings is 2. The van der Waals surface area contributed by atoms with Gasteiger partial charge in [0.1, 0.15) is 6.61 Å². The number of methoxy groups -OCH3 is 2. The summed E-state index contributed by atoms with van der Waals surface area (Å²) in [5.41, 5.74) is 0.413. The van der Waals surface area contributed by atoms with Crippen LogP contribution in [-0.2, 0) is 4.79 Å². The van der Waals surface area contributed by atoms with Gasteiger partial charge in [-0.05, 0) is 23.6 Å². The van der Waals surface area contributed by atoms with Gasteiger partial charge in [0, 0.05) is 5.39 Å². The average Bonchev–Trinajstić information content (AvgIpc) is 2.53. The van der Waals surface area contributed by atoms with Crippen LogP contribution in [-0.4, -0.2) is 31.9 Å². The van der Waals surface area contributed by atoms with Crippen LogP contribution in [0.4, 0.5) is 0 Å². The Morgan fingerprint density at radius 2 is 2.00 bits per heavy atom. The number of nitriles is 1. The molecule has 2 rings (SSSR count). The third kappa shape index (κ3) is 2.73. The molecule has 108 valence electrons. The maximum Gasteiger partial charge on any atom is 0.337 e. The second kappa shape index (κ2) is 6.11. The zero-order chi connectivity index (χ0) is 15.4. The molecule has 0 aliphatic carbocycles. The van der Waals surface area contributed by atoms with Crippen LogP contribution in [0.25, 0.3) is 10.8 Å². The molecule has 21 heavy (non-hydrogen) atoms. The Morgan fingerprint density at radius 1 is 1.24 bits per heavy atom. The van der Waals surface area contributed by atoms with E-state index in [-0.39, 0.29) is 11.5 Å². The predicted molar refractivity (Wildman–Crippen MR) is 74.5 cm³/mol. The van der Waals surface area contributed by atoms with Crippen LogP contribution >= 0.6 is 0 Å². The lowest BCUT2D eigenvalue weighted by Crippen LogP contribution is -2.13. The fourth-order valence-corrected chi connectivity index (χ4v) is 1.98. The molecule has 0 heterocycles. The van der Waals surface area contributed by atoms with Crippen molar-refractivity contribution >= 4 is 16.7 Å². The first kappa shape index (κ1) is 14.6. The average molecular weight is 287 g/mol. The zero-order valence-corrected chi connectivity index (χ0v) is 11.5. The molecule has 0 bridgehead atoms. The van der Waals surface area contributed by atoms with Crippen molar-refractivity contribution in [2.75, 3.05) is 20.8 Å². The third-order valence-corrected chi connectivity index (χ3v) is 2.91. The molecule has 0 fully saturated rings. The molecule has 0 radical (unpaired) electrons. The smallest absolute Gasteiger partial charge is 0.337 e. The lowest BCUT2D eigenvalue weighted by molar-refractivity contribution is -0.137. The normalized spacial score (nSPS) is 10.0. The van der Waals surface area contributed by atoms with Gasteiger partial charge in [0.05, 0.1) is 25.9 Å². The molecule has 0 saturated carbocycles. The second-order valence-electron chi connectivity index (χ2n) is 4.12. The molecule has 0 aliphatic heterocycles. The summed E-state index contributed by atoms with van der Waals surface area (Å²) < 4.78 is 15.6. The van der Waals surface area contributed by atoms with Gasteiger partial charge in [0.25, 0.3) is 0 Å². The fraction of sp³-hybridized carbons (Fsp3) is 0.200. The number of hydrogen-bond acceptors (Lipinski definition) is 6. The van der Waals surface area contributed by atoms with Crippen molar-refractivity contribution < 1.29 is 24.1 Å². The number of aliphatic hydroxyl groups excluding tert-OH is 1. The highest BCUT2D eigenvalue weighted by atomic mass is 16.6. The van der Waals surface area contributed by atoms with Crippen LogP contribution in [0.15, 0.2) is 24.3 Å². The van der Waals surface area contributed by atoms with Gasteiger partial charge in [-0.25, -0.2) is 4.79 Å². The van der Waals surface area contributed by atoms with E-state index in [2.05, 4.69) is 0 Å². The molecule has 0 atom stereocenters. The van der Waals surface area contributed by atoms with Crippen LogP contribution in [0.2, 0.25) is 0 Å². The molecule has 6 heteroatoms. The van der Waals surface area contributed by atoms with Gasteiger partial charge in [0.15, 0.2) is 11.5 Å². The lowest BCUT2D eigenvalue weighted by atomic mass is 10.1. The van der Waals surface area contributed by atoms with E-state index in [0.29, 0.717) is 22.1 Å². The summed E-state index contributed by atoms with van der Waals surface area (Å²) in [5, 5.41) is 19.1. The maximum atomic E-state index is 11.4. The van der Waals surface area contributed by atoms with Crippen molar-refractivity contribution in [2.24, 2.45) is 0 Å². The van der Waals surface area contributed by atoms with Crippen molar-refractivity contribution in [2.45, 2.75) is 0 Å². The molecule has 2 aromatic carbocycles. The standard InChI is InChI=1S/C15H13NO5/c1-19-12-6-10-4-3-9(7-16)5-11(10)14(15(12)20-2)21-13(18)8-17/h3-6,17H,8H2,1-2H3. The van der Waals surface area contributed by atoms with E-state index in [1.54, 1.807) is 24.3 Å². The molecule has 1 N–H and O–H groups in total. The van der Waals surface area contributed by atoms with E-state index in [1.807, 2.05) is 6.07 Å². The number of ether oxygens (including phenoxy) is 3. The number of carbonyl (C=O) groups is 1. The van der Waals surface area contributed by atoms with Crippen LogP contribution in [0.1, 0.15) is 5.56 Å². The minimum atomic E-state index is -0.829. The predicted octanol–water partition coefficient (Wildman–Crippen LogP) is 1.63. The SMILES string of the molecule is COc1cc2ccc(C#N)cc2c(OC(=O)CO)c1OC. The van der Waals surface area contributed by atoms with Gasteiger partial charge >= 0.3 is 5.97 Å². The first-order chi connectivity index (χ1) is 10.1. The Morgan fingerprint density at radius 3 is 2.57 bits per heavy atom. The number of aliphatic hydroxyl groups is 1. The minimum Gasteiger partial charge on any atom is -0.493 e. The number of fused-ring (bicyclic) bond motifs is 1. The van der Waals surface area contributed by atoms with Crippen molar-refractivity contribution in [3.05, 3.63) is 29.8 Å². The van der Waals surface area contributed by atoms with Gasteiger partial charge in [-0.3, -0.25) is 0 Å². The van der Waals surface area contributed by atoms with Crippen LogP contribution in [0.3, 0.4) is 0 Å². The summed E-state index contributed by atoms with van der Waals surface area (Å²) in [7, 11) is 2.87. The molecular formula is C15H13NO5. The Labute approximate surface area is 121 Å². The molecule has 0 unspecified atom stereocenters. The molecule has 2 aromatic rings. The molecule has 0 spiro atoms. The minimum absolute atomic E-state index is 0.114. The highest BCUT2D eigenvalue weighted by Gasteiger charge is 2.19. The molecule has 6 nitrogen and oxygen atoms in total. The molecular weight excluding hydrogens is 274 g/mol. The highest BCUT2D eigenvalue weighted by molar-refractivity contribution is 5.95. The maximum absolute atomic E-state index is 11.4. The van der Waals surface area contributed by atoms with Gasteiger partial charge in [0.2, 0.25) is 5.75 Å². The summed E-state index contributed by atoms with van der Waals surface area (Å²) in [6, 6.07) is 8.67. The van der Waals surface area contributed by atoms with Gasteiger partial charge in [-0.15, -0.1) is 0 Å². The Bertz CT molecular complexity index is 733. The summed E-state index contributed by atoms with van der Waals surface area (Å²) in [6.45, 7) is -0.764. The third-order valence-electron chi connectivity index (χ3n) is 2.91. The largest absolute Gasteiger partial charge is 0.493 e. The van der Waals surface area contributed by atoms with Crippen molar-refractivity contribution in [3.8, 4) is 23.3 Å². The summed E-state index contributed by atoms with van der Waals surface area (Å²) in [4.78, 5) is 11.4. The van der Waals surface area contributed by atoms with Gasteiger partial charge in [-0.2, -0.15) is 5.26 Å². The van der Waals surface area contributed by atoms with Crippen LogP contribution in [0.5, 0.6) is 17.2 Å². The van der Waals surface area contributed by atoms with E-state index in [9.17, 15) is 4.79 Å². The number of rotatable bonds is 4. The molecule has 0 saturated heterocycles. The first-order valence-electron chi connectivity index (χ1n) is 6.05. The second-order valence-corrected chi connectivity index (χ2v) is 4.12. The van der Waals surface area contributed by atoms with E-state index >= 15 is 0 Å². The monoisotopic (exact) mass is 287 g/mol. The first-order valence-corrected chi connectivity index (χ1v) is 6.05. The topological polar surface area (TPSA) is 88.8 Å². The molecule has 0 aliphatic rings. The van der Waals surface area contributed by atoms with E-state index in [0.717, 1.165) is 0 Å². The Hall–Kier alpha value is -2.78. The number of esters is 1. The lowest BCUT2D eigenvalue weighted by Gasteiger charge is -2.15. The van der Waals surface area contributed by atoms with Crippen LogP contribution < -0.4 is 14.2 Å². The number of carbonyl (C=O) groups excluding carboxylic acids is 1. The fourth-order valence-electron chi connectivity index (χ4n) is 1.98.